The molecular weight excluding hydrogens is 216 g/mol. The van der Waals surface area contributed by atoms with E-state index in [-0.39, 0.29) is 17.1 Å². The summed E-state index contributed by atoms with van der Waals surface area (Å²) in [6, 6.07) is 0. The third-order valence-corrected chi connectivity index (χ3v) is 2.10. The average Bonchev–Trinajstić information content (AvgIpc) is 2.16. The van der Waals surface area contributed by atoms with Crippen LogP contribution in [0.4, 0.5) is 8.78 Å². The van der Waals surface area contributed by atoms with Crippen LogP contribution in [0, 0.1) is 0 Å². The molecular formula is C8H8ClF2NO2. The monoisotopic (exact) mass is 223 g/mol. The number of halogens is 3. The molecule has 0 saturated carbocycles. The van der Waals surface area contributed by atoms with Crippen LogP contribution in [0.25, 0.3) is 0 Å². The third-order valence-electron chi connectivity index (χ3n) is 1.83. The fourth-order valence-corrected chi connectivity index (χ4v) is 1.32. The number of aliphatic hydroxyl groups excluding tert-OH is 1. The molecule has 0 bridgehead atoms. The molecule has 0 amide bonds. The first-order valence-electron chi connectivity index (χ1n) is 3.80. The maximum Gasteiger partial charge on any atom is 0.269 e. The zero-order valence-corrected chi connectivity index (χ0v) is 7.81. The van der Waals surface area contributed by atoms with Crippen LogP contribution in [0.1, 0.15) is 23.2 Å². The molecule has 0 fully saturated rings. The van der Waals surface area contributed by atoms with Crippen LogP contribution in [0.2, 0.25) is 0 Å². The summed E-state index contributed by atoms with van der Waals surface area (Å²) in [7, 11) is 0. The Morgan fingerprint density at radius 1 is 1.57 bits per heavy atom. The van der Waals surface area contributed by atoms with Gasteiger partial charge >= 0.3 is 0 Å². The van der Waals surface area contributed by atoms with Gasteiger partial charge in [-0.15, -0.1) is 11.6 Å². The summed E-state index contributed by atoms with van der Waals surface area (Å²) in [5.41, 5.74) is -1.33. The van der Waals surface area contributed by atoms with Gasteiger partial charge in [-0.1, -0.05) is 0 Å². The van der Waals surface area contributed by atoms with E-state index in [0.29, 0.717) is 0 Å². The van der Waals surface area contributed by atoms with Gasteiger partial charge < -0.3 is 10.1 Å². The molecule has 0 aliphatic rings. The quantitative estimate of drug-likeness (QED) is 0.764. The number of pyridine rings is 1. The Balaban J connectivity index is 3.35. The van der Waals surface area contributed by atoms with Crippen LogP contribution in [0.15, 0.2) is 11.0 Å². The van der Waals surface area contributed by atoms with Crippen LogP contribution in [-0.4, -0.2) is 10.1 Å². The molecule has 1 aromatic heterocycles. The number of aromatic nitrogens is 1. The molecule has 0 radical (unpaired) electrons. The van der Waals surface area contributed by atoms with Crippen LogP contribution >= 0.6 is 11.6 Å². The van der Waals surface area contributed by atoms with Gasteiger partial charge in [0.15, 0.2) is 5.43 Å². The highest BCUT2D eigenvalue weighted by molar-refractivity contribution is 6.17. The molecule has 78 valence electrons. The zero-order chi connectivity index (χ0) is 10.7. The Kier molecular flexibility index (Phi) is 3.60. The fraction of sp³-hybridized carbons (Fsp3) is 0.375. The summed E-state index contributed by atoms with van der Waals surface area (Å²) in [5.74, 6) is -0.0331. The van der Waals surface area contributed by atoms with Crippen molar-refractivity contribution >= 4 is 11.6 Å². The van der Waals surface area contributed by atoms with Crippen molar-refractivity contribution in [3.05, 3.63) is 33.2 Å². The highest BCUT2D eigenvalue weighted by Crippen LogP contribution is 2.16. The number of aromatic amines is 1. The first-order chi connectivity index (χ1) is 6.61. The van der Waals surface area contributed by atoms with Gasteiger partial charge in [0.05, 0.1) is 18.1 Å². The molecule has 0 aliphatic carbocycles. The second kappa shape index (κ2) is 4.52. The molecule has 0 aromatic carbocycles. The van der Waals surface area contributed by atoms with Crippen LogP contribution in [0.5, 0.6) is 0 Å². The molecule has 1 heterocycles. The molecule has 1 rings (SSSR count). The van der Waals surface area contributed by atoms with Crippen molar-refractivity contribution in [1.82, 2.24) is 4.98 Å². The molecule has 0 atom stereocenters. The van der Waals surface area contributed by atoms with E-state index in [1.54, 1.807) is 0 Å². The van der Waals surface area contributed by atoms with Crippen molar-refractivity contribution in [2.24, 2.45) is 0 Å². The Bertz CT molecular complexity index is 378. The minimum Gasteiger partial charge on any atom is -0.391 e. The first-order valence-corrected chi connectivity index (χ1v) is 4.33. The highest BCUT2D eigenvalue weighted by atomic mass is 35.5. The molecule has 6 heteroatoms. The van der Waals surface area contributed by atoms with E-state index in [0.717, 1.165) is 6.20 Å². The summed E-state index contributed by atoms with van der Waals surface area (Å²) in [5, 5.41) is 8.81. The van der Waals surface area contributed by atoms with E-state index in [1.807, 2.05) is 0 Å². The summed E-state index contributed by atoms with van der Waals surface area (Å²) in [4.78, 5) is 13.8. The third kappa shape index (κ3) is 1.93. The van der Waals surface area contributed by atoms with Gasteiger partial charge in [-0.2, -0.15) is 0 Å². The summed E-state index contributed by atoms with van der Waals surface area (Å²) in [6.45, 7) is -0.599. The van der Waals surface area contributed by atoms with E-state index in [9.17, 15) is 13.6 Å². The van der Waals surface area contributed by atoms with E-state index in [1.165, 1.54) is 0 Å². The van der Waals surface area contributed by atoms with Crippen LogP contribution in [-0.2, 0) is 12.5 Å². The van der Waals surface area contributed by atoms with E-state index >= 15 is 0 Å². The van der Waals surface area contributed by atoms with Crippen LogP contribution in [0.3, 0.4) is 0 Å². The van der Waals surface area contributed by atoms with Gasteiger partial charge in [-0.05, 0) is 0 Å². The number of hydrogen-bond acceptors (Lipinski definition) is 2. The minimum atomic E-state index is -2.85. The molecule has 0 spiro atoms. The van der Waals surface area contributed by atoms with Crippen molar-refractivity contribution < 1.29 is 13.9 Å². The molecule has 0 aliphatic heterocycles. The number of H-pyrrole nitrogens is 1. The molecule has 0 saturated heterocycles. The number of rotatable bonds is 3. The predicted octanol–water partition coefficient (Wildman–Crippen LogP) is 1.54. The lowest BCUT2D eigenvalue weighted by Crippen LogP contribution is -2.18. The minimum absolute atomic E-state index is 0.0331. The van der Waals surface area contributed by atoms with Gasteiger partial charge in [0, 0.05) is 17.5 Å². The van der Waals surface area contributed by atoms with Crippen molar-refractivity contribution in [3.8, 4) is 0 Å². The van der Waals surface area contributed by atoms with E-state index in [4.69, 9.17) is 16.7 Å². The number of aliphatic hydroxyl groups is 1. The van der Waals surface area contributed by atoms with Crippen molar-refractivity contribution in [2.45, 2.75) is 18.9 Å². The molecule has 2 N–H and O–H groups in total. The second-order valence-corrected chi connectivity index (χ2v) is 2.89. The second-order valence-electron chi connectivity index (χ2n) is 2.62. The number of alkyl halides is 3. The zero-order valence-electron chi connectivity index (χ0n) is 7.06. The fourth-order valence-electron chi connectivity index (χ4n) is 1.08. The summed E-state index contributed by atoms with van der Waals surface area (Å²) in [6.07, 6.45) is -1.93. The topological polar surface area (TPSA) is 53.1 Å². The Labute approximate surface area is 83.3 Å². The molecule has 1 aromatic rings. The molecule has 14 heavy (non-hydrogen) atoms. The Hall–Kier alpha value is -0.940. The van der Waals surface area contributed by atoms with Gasteiger partial charge in [-0.25, -0.2) is 8.78 Å². The van der Waals surface area contributed by atoms with E-state index in [2.05, 4.69) is 4.98 Å². The normalized spacial score (nSPS) is 10.9. The van der Waals surface area contributed by atoms with Crippen molar-refractivity contribution in [2.75, 3.05) is 0 Å². The molecule has 3 nitrogen and oxygen atoms in total. The van der Waals surface area contributed by atoms with Gasteiger partial charge in [0.25, 0.3) is 6.43 Å². The smallest absolute Gasteiger partial charge is 0.269 e. The van der Waals surface area contributed by atoms with Gasteiger partial charge in [0.2, 0.25) is 0 Å². The molecule has 0 unspecified atom stereocenters. The standard InChI is InChI=1S/C8H8ClF2NO2/c9-1-6-5(3-13)7(14)4(2-12-6)8(10)11/h2,8,13H,1,3H2,(H,12,14). The highest BCUT2D eigenvalue weighted by Gasteiger charge is 2.16. The summed E-state index contributed by atoms with van der Waals surface area (Å²) < 4.78 is 24.5. The van der Waals surface area contributed by atoms with Crippen molar-refractivity contribution in [3.63, 3.8) is 0 Å². The Morgan fingerprint density at radius 2 is 2.21 bits per heavy atom. The lowest BCUT2D eigenvalue weighted by Gasteiger charge is -2.06. The maximum absolute atomic E-state index is 12.2. The van der Waals surface area contributed by atoms with E-state index < -0.39 is 24.0 Å². The van der Waals surface area contributed by atoms with Gasteiger partial charge in [0.1, 0.15) is 0 Å². The number of hydrogen-bond donors (Lipinski definition) is 2. The SMILES string of the molecule is O=c1c(C(F)F)c[nH]c(CCl)c1CO. The Morgan fingerprint density at radius 3 is 2.64 bits per heavy atom. The maximum atomic E-state index is 12.2. The summed E-state index contributed by atoms with van der Waals surface area (Å²) >= 11 is 5.45. The number of nitrogens with one attached hydrogen (secondary N) is 1. The first kappa shape index (κ1) is 11.1. The largest absolute Gasteiger partial charge is 0.391 e. The average molecular weight is 224 g/mol. The van der Waals surface area contributed by atoms with Gasteiger partial charge in [-0.3, -0.25) is 4.79 Å². The lowest BCUT2D eigenvalue weighted by molar-refractivity contribution is 0.149. The van der Waals surface area contributed by atoms with Crippen molar-refractivity contribution in [1.29, 1.82) is 0 Å². The predicted molar refractivity (Wildman–Crippen MR) is 47.5 cm³/mol. The van der Waals surface area contributed by atoms with Crippen LogP contribution < -0.4 is 5.43 Å². The lowest BCUT2D eigenvalue weighted by atomic mass is 10.1.